The lowest BCUT2D eigenvalue weighted by Gasteiger charge is -2.40. The van der Waals surface area contributed by atoms with Crippen LogP contribution in [-0.4, -0.2) is 48.6 Å². The van der Waals surface area contributed by atoms with Gasteiger partial charge in [-0.05, 0) is 72.0 Å². The Labute approximate surface area is 193 Å². The molecule has 6 heteroatoms. The van der Waals surface area contributed by atoms with Crippen LogP contribution in [0.1, 0.15) is 52.5 Å². The third-order valence-corrected chi connectivity index (χ3v) is 5.65. The quantitative estimate of drug-likeness (QED) is 0.348. The Morgan fingerprint density at radius 3 is 2.47 bits per heavy atom. The molecule has 0 aliphatic carbocycles. The summed E-state index contributed by atoms with van der Waals surface area (Å²) >= 11 is 0. The highest BCUT2D eigenvalue weighted by molar-refractivity contribution is 5.94. The second-order valence-electron chi connectivity index (χ2n) is 9.36. The Balaban J connectivity index is 2.04. The number of rotatable bonds is 9. The summed E-state index contributed by atoms with van der Waals surface area (Å²) < 4.78 is 11.5. The molecule has 176 valence electrons. The maximum Gasteiger partial charge on any atom is 0.312 e. The van der Waals surface area contributed by atoms with Crippen molar-refractivity contribution < 1.29 is 14.3 Å². The van der Waals surface area contributed by atoms with Crippen molar-refractivity contribution in [1.29, 1.82) is 0 Å². The van der Waals surface area contributed by atoms with Crippen LogP contribution in [-0.2, 0) is 20.7 Å². The molecule has 0 spiro atoms. The molecule has 0 aromatic heterocycles. The minimum Gasteiger partial charge on any atom is -0.472 e. The first-order chi connectivity index (χ1) is 15.2. The molecule has 2 N–H and O–H groups in total. The van der Waals surface area contributed by atoms with Crippen molar-refractivity contribution in [2.45, 2.75) is 59.0 Å². The third-order valence-electron chi connectivity index (χ3n) is 5.65. The highest BCUT2D eigenvalue weighted by atomic mass is 16.5. The predicted octanol–water partition coefficient (Wildman–Crippen LogP) is 4.46. The zero-order valence-corrected chi connectivity index (χ0v) is 20.1. The van der Waals surface area contributed by atoms with Crippen molar-refractivity contribution in [2.24, 2.45) is 16.1 Å². The fraction of sp³-hybridized carbons (Fsp3) is 0.538. The van der Waals surface area contributed by atoms with Crippen LogP contribution >= 0.6 is 0 Å². The Morgan fingerprint density at radius 1 is 1.25 bits per heavy atom. The summed E-state index contributed by atoms with van der Waals surface area (Å²) in [4.78, 5) is 19.6. The number of benzene rings is 1. The number of ether oxygens (including phenoxy) is 2. The molecule has 0 amide bonds. The van der Waals surface area contributed by atoms with Crippen LogP contribution in [0.15, 0.2) is 59.9 Å². The van der Waals surface area contributed by atoms with E-state index in [-0.39, 0.29) is 11.6 Å². The number of aliphatic imine (C=N–C) groups is 1. The number of carbonyl (C=O) groups excluding carboxylic acids is 1. The van der Waals surface area contributed by atoms with Crippen molar-refractivity contribution in [3.05, 3.63) is 60.4 Å². The van der Waals surface area contributed by atoms with Crippen LogP contribution in [0.3, 0.4) is 0 Å². The van der Waals surface area contributed by atoms with Gasteiger partial charge in [-0.1, -0.05) is 36.9 Å². The fourth-order valence-electron chi connectivity index (χ4n) is 3.94. The number of nitrogens with zero attached hydrogens (tertiary/aromatic N) is 2. The molecule has 6 nitrogen and oxygen atoms in total. The summed E-state index contributed by atoms with van der Waals surface area (Å²) in [6.45, 7) is 14.6. The van der Waals surface area contributed by atoms with Crippen molar-refractivity contribution in [3.8, 4) is 0 Å². The summed E-state index contributed by atoms with van der Waals surface area (Å²) in [7, 11) is 0. The highest BCUT2D eigenvalue weighted by Gasteiger charge is 2.42. The predicted molar refractivity (Wildman–Crippen MR) is 130 cm³/mol. The number of carbonyl (C=O) groups is 1. The van der Waals surface area contributed by atoms with E-state index in [1.54, 1.807) is 0 Å². The van der Waals surface area contributed by atoms with Gasteiger partial charge in [0.15, 0.2) is 0 Å². The maximum absolute atomic E-state index is 12.9. The Morgan fingerprint density at radius 2 is 1.91 bits per heavy atom. The molecule has 1 aromatic rings. The molecule has 0 saturated carbocycles. The van der Waals surface area contributed by atoms with Crippen LogP contribution in [0.4, 0.5) is 0 Å². The van der Waals surface area contributed by atoms with Gasteiger partial charge in [0, 0.05) is 24.5 Å². The number of aryl methyl sites for hydroxylation is 1. The van der Waals surface area contributed by atoms with Gasteiger partial charge in [-0.25, -0.2) is 4.99 Å². The second kappa shape index (κ2) is 11.9. The second-order valence-corrected chi connectivity index (χ2v) is 9.36. The molecule has 2 rings (SSSR count). The molecule has 1 saturated heterocycles. The summed E-state index contributed by atoms with van der Waals surface area (Å²) in [5.74, 6) is 0.423. The van der Waals surface area contributed by atoms with Gasteiger partial charge in [0.25, 0.3) is 0 Å². The molecule has 1 aliphatic rings. The SMILES string of the molecule is C=C(CN1CCC(CCc2ccccc2)(C(=O)OCC)CC1)C(=N/C=C\N)OC(C)(C)C. The van der Waals surface area contributed by atoms with Gasteiger partial charge in [-0.3, -0.25) is 9.69 Å². The average molecular weight is 442 g/mol. The largest absolute Gasteiger partial charge is 0.472 e. The van der Waals surface area contributed by atoms with E-state index in [0.29, 0.717) is 19.0 Å². The topological polar surface area (TPSA) is 77.2 Å². The average Bonchev–Trinajstić information content (AvgIpc) is 2.76. The van der Waals surface area contributed by atoms with Gasteiger partial charge >= 0.3 is 5.97 Å². The molecular weight excluding hydrogens is 402 g/mol. The Kier molecular flexibility index (Phi) is 9.51. The normalized spacial score (nSPS) is 17.3. The van der Waals surface area contributed by atoms with Gasteiger partial charge in [-0.2, -0.15) is 0 Å². The van der Waals surface area contributed by atoms with Gasteiger partial charge in [0.05, 0.1) is 12.0 Å². The standard InChI is InChI=1S/C26H39N3O3/c1-6-31-24(30)26(13-12-22-10-8-7-9-11-22)14-18-29(19-15-26)20-21(2)23(28-17-16-27)32-25(3,4)5/h7-11,16-17H,2,6,12-15,18-20,27H2,1,3-5H3/b17-16-,28-23?. The molecule has 1 fully saturated rings. The monoisotopic (exact) mass is 441 g/mol. The number of hydrogen-bond donors (Lipinski definition) is 1. The lowest BCUT2D eigenvalue weighted by molar-refractivity contribution is -0.159. The molecule has 0 radical (unpaired) electrons. The van der Waals surface area contributed by atoms with Crippen molar-refractivity contribution in [1.82, 2.24) is 4.90 Å². The van der Waals surface area contributed by atoms with Gasteiger partial charge in [0.1, 0.15) is 5.60 Å². The van der Waals surface area contributed by atoms with Gasteiger partial charge < -0.3 is 15.2 Å². The fourth-order valence-corrected chi connectivity index (χ4v) is 3.94. The van der Waals surface area contributed by atoms with Crippen LogP contribution in [0, 0.1) is 5.41 Å². The molecule has 1 heterocycles. The van der Waals surface area contributed by atoms with Gasteiger partial charge in [0.2, 0.25) is 5.90 Å². The molecule has 0 bridgehead atoms. The number of piperidine rings is 1. The highest BCUT2D eigenvalue weighted by Crippen LogP contribution is 2.38. The van der Waals surface area contributed by atoms with Crippen LogP contribution in [0.5, 0.6) is 0 Å². The molecule has 1 aromatic carbocycles. The van der Waals surface area contributed by atoms with E-state index < -0.39 is 5.41 Å². The van der Waals surface area contributed by atoms with Crippen molar-refractivity contribution in [3.63, 3.8) is 0 Å². The van der Waals surface area contributed by atoms with Crippen LogP contribution < -0.4 is 5.73 Å². The van der Waals surface area contributed by atoms with E-state index in [4.69, 9.17) is 15.2 Å². The van der Waals surface area contributed by atoms with E-state index in [1.165, 1.54) is 18.0 Å². The molecule has 1 aliphatic heterocycles. The van der Waals surface area contributed by atoms with Crippen LogP contribution in [0.2, 0.25) is 0 Å². The minimum absolute atomic E-state index is 0.0687. The Hall–Kier alpha value is -2.60. The molecule has 32 heavy (non-hydrogen) atoms. The van der Waals surface area contributed by atoms with Gasteiger partial charge in [-0.15, -0.1) is 0 Å². The number of nitrogens with two attached hydrogens (primary N) is 1. The van der Waals surface area contributed by atoms with E-state index in [0.717, 1.165) is 44.3 Å². The third kappa shape index (κ3) is 7.83. The first kappa shape index (κ1) is 25.7. The maximum atomic E-state index is 12.9. The summed E-state index contributed by atoms with van der Waals surface area (Å²) in [6, 6.07) is 10.3. The number of esters is 1. The summed E-state index contributed by atoms with van der Waals surface area (Å²) in [5.41, 5.74) is 6.67. The van der Waals surface area contributed by atoms with E-state index in [9.17, 15) is 4.79 Å². The minimum atomic E-state index is -0.440. The van der Waals surface area contributed by atoms with Crippen LogP contribution in [0.25, 0.3) is 0 Å². The van der Waals surface area contributed by atoms with E-state index >= 15 is 0 Å². The molecule has 0 atom stereocenters. The number of hydrogen-bond acceptors (Lipinski definition) is 6. The lowest BCUT2D eigenvalue weighted by Crippen LogP contribution is -2.46. The molecular formula is C26H39N3O3. The van der Waals surface area contributed by atoms with Crippen molar-refractivity contribution >= 4 is 11.9 Å². The summed E-state index contributed by atoms with van der Waals surface area (Å²) in [5, 5.41) is 0. The zero-order valence-electron chi connectivity index (χ0n) is 20.1. The Bertz CT molecular complexity index is 801. The molecule has 0 unspecified atom stereocenters. The lowest BCUT2D eigenvalue weighted by atomic mass is 9.74. The van der Waals surface area contributed by atoms with E-state index in [1.807, 2.05) is 45.9 Å². The van der Waals surface area contributed by atoms with Crippen molar-refractivity contribution in [2.75, 3.05) is 26.2 Å². The zero-order chi connectivity index (χ0) is 23.6. The first-order valence-electron chi connectivity index (χ1n) is 11.4. The summed E-state index contributed by atoms with van der Waals surface area (Å²) in [6.07, 6.45) is 6.08. The number of likely N-dealkylation sites (tertiary alicyclic amines) is 1. The smallest absolute Gasteiger partial charge is 0.312 e. The van der Waals surface area contributed by atoms with E-state index in [2.05, 4.69) is 28.6 Å². The first-order valence-corrected chi connectivity index (χ1v) is 11.4.